The summed E-state index contributed by atoms with van der Waals surface area (Å²) in [6, 6.07) is 12.7. The lowest BCUT2D eigenvalue weighted by Gasteiger charge is -2.21. The molecule has 0 saturated carbocycles. The van der Waals surface area contributed by atoms with Crippen LogP contribution in [0, 0.1) is 13.8 Å². The van der Waals surface area contributed by atoms with E-state index >= 15 is 0 Å². The first kappa shape index (κ1) is 15.9. The second kappa shape index (κ2) is 6.97. The molecule has 0 heterocycles. The number of ether oxygens (including phenoxy) is 1. The minimum Gasteiger partial charge on any atom is -0.495 e. The van der Waals surface area contributed by atoms with Gasteiger partial charge in [0.05, 0.1) is 18.2 Å². The number of hydrogen-bond acceptors (Lipinski definition) is 2. The molecule has 112 valence electrons. The monoisotopic (exact) mass is 303 g/mol. The highest BCUT2D eigenvalue weighted by Crippen LogP contribution is 2.31. The lowest BCUT2D eigenvalue weighted by molar-refractivity contribution is 0.414. The van der Waals surface area contributed by atoms with Crippen molar-refractivity contribution < 1.29 is 4.74 Å². The fraction of sp³-hybridized carbons (Fsp3) is 0.333. The van der Waals surface area contributed by atoms with Crippen molar-refractivity contribution in [1.29, 1.82) is 0 Å². The van der Waals surface area contributed by atoms with Crippen LogP contribution in [0.4, 0.5) is 0 Å². The van der Waals surface area contributed by atoms with E-state index in [2.05, 4.69) is 44.3 Å². The zero-order valence-corrected chi connectivity index (χ0v) is 13.8. The third kappa shape index (κ3) is 3.58. The van der Waals surface area contributed by atoms with Crippen molar-refractivity contribution in [1.82, 2.24) is 5.32 Å². The van der Waals surface area contributed by atoms with E-state index in [-0.39, 0.29) is 6.04 Å². The Morgan fingerprint density at radius 1 is 1.05 bits per heavy atom. The van der Waals surface area contributed by atoms with Gasteiger partial charge in [-0.1, -0.05) is 42.8 Å². The van der Waals surface area contributed by atoms with Crippen LogP contribution in [0.1, 0.15) is 35.2 Å². The van der Waals surface area contributed by atoms with Gasteiger partial charge < -0.3 is 10.1 Å². The fourth-order valence-corrected chi connectivity index (χ4v) is 2.63. The minimum atomic E-state index is 0.139. The van der Waals surface area contributed by atoms with Gasteiger partial charge in [0.15, 0.2) is 0 Å². The topological polar surface area (TPSA) is 21.3 Å². The molecule has 2 rings (SSSR count). The summed E-state index contributed by atoms with van der Waals surface area (Å²) in [7, 11) is 1.64. The van der Waals surface area contributed by atoms with Crippen LogP contribution < -0.4 is 10.1 Å². The number of halogens is 1. The van der Waals surface area contributed by atoms with Crippen molar-refractivity contribution >= 4 is 11.6 Å². The number of aryl methyl sites for hydroxylation is 2. The molecule has 1 unspecified atom stereocenters. The Kier molecular flexibility index (Phi) is 5.27. The van der Waals surface area contributed by atoms with Gasteiger partial charge in [-0.05, 0) is 54.8 Å². The van der Waals surface area contributed by atoms with Gasteiger partial charge in [0, 0.05) is 0 Å². The highest BCUT2D eigenvalue weighted by atomic mass is 35.5. The standard InChI is InChI=1S/C18H22ClNO/c1-5-20-18(14-7-6-12(2)13(3)10-14)15-8-9-16(19)17(11-15)21-4/h6-11,18,20H,5H2,1-4H3. The Bertz CT molecular complexity index is 625. The van der Waals surface area contributed by atoms with Gasteiger partial charge in [0.1, 0.15) is 5.75 Å². The Balaban J connectivity index is 2.44. The maximum absolute atomic E-state index is 6.12. The maximum Gasteiger partial charge on any atom is 0.137 e. The molecular weight excluding hydrogens is 282 g/mol. The summed E-state index contributed by atoms with van der Waals surface area (Å²) in [6.45, 7) is 7.28. The first-order valence-corrected chi connectivity index (χ1v) is 7.58. The van der Waals surface area contributed by atoms with E-state index in [1.807, 2.05) is 18.2 Å². The van der Waals surface area contributed by atoms with Gasteiger partial charge in [-0.3, -0.25) is 0 Å². The summed E-state index contributed by atoms with van der Waals surface area (Å²) >= 11 is 6.12. The van der Waals surface area contributed by atoms with E-state index < -0.39 is 0 Å². The summed E-state index contributed by atoms with van der Waals surface area (Å²) in [5.74, 6) is 0.709. The largest absolute Gasteiger partial charge is 0.495 e. The van der Waals surface area contributed by atoms with Crippen molar-refractivity contribution in [2.24, 2.45) is 0 Å². The smallest absolute Gasteiger partial charge is 0.137 e. The highest BCUT2D eigenvalue weighted by Gasteiger charge is 2.15. The maximum atomic E-state index is 6.12. The van der Waals surface area contributed by atoms with Gasteiger partial charge in [0.2, 0.25) is 0 Å². The molecule has 1 N–H and O–H groups in total. The average Bonchev–Trinajstić information content (AvgIpc) is 2.48. The Morgan fingerprint density at radius 2 is 1.71 bits per heavy atom. The molecule has 0 fully saturated rings. The molecule has 0 aliphatic carbocycles. The fourth-order valence-electron chi connectivity index (χ4n) is 2.43. The van der Waals surface area contributed by atoms with Crippen molar-refractivity contribution in [3.63, 3.8) is 0 Å². The molecule has 0 radical (unpaired) electrons. The number of methoxy groups -OCH3 is 1. The molecule has 2 aromatic rings. The van der Waals surface area contributed by atoms with Crippen LogP contribution in [0.15, 0.2) is 36.4 Å². The number of nitrogens with one attached hydrogen (secondary N) is 1. The van der Waals surface area contributed by atoms with E-state index in [0.29, 0.717) is 10.8 Å². The summed E-state index contributed by atoms with van der Waals surface area (Å²) in [4.78, 5) is 0. The predicted octanol–water partition coefficient (Wildman–Crippen LogP) is 4.66. The van der Waals surface area contributed by atoms with E-state index in [4.69, 9.17) is 16.3 Å². The lowest BCUT2D eigenvalue weighted by Crippen LogP contribution is -2.22. The van der Waals surface area contributed by atoms with Crippen LogP contribution in [-0.2, 0) is 0 Å². The molecule has 0 spiro atoms. The lowest BCUT2D eigenvalue weighted by atomic mass is 9.95. The minimum absolute atomic E-state index is 0.139. The van der Waals surface area contributed by atoms with Gasteiger partial charge in [-0.25, -0.2) is 0 Å². The zero-order chi connectivity index (χ0) is 15.4. The molecule has 0 saturated heterocycles. The molecule has 0 amide bonds. The molecule has 0 aromatic heterocycles. The highest BCUT2D eigenvalue weighted by molar-refractivity contribution is 6.32. The Hall–Kier alpha value is -1.51. The Morgan fingerprint density at radius 3 is 2.33 bits per heavy atom. The summed E-state index contributed by atoms with van der Waals surface area (Å²) in [5.41, 5.74) is 5.02. The first-order valence-electron chi connectivity index (χ1n) is 7.20. The third-order valence-corrected chi connectivity index (χ3v) is 4.09. The van der Waals surface area contributed by atoms with Gasteiger partial charge >= 0.3 is 0 Å². The molecular formula is C18H22ClNO. The number of rotatable bonds is 5. The second-order valence-corrected chi connectivity index (χ2v) is 5.64. The summed E-state index contributed by atoms with van der Waals surface area (Å²) in [6.07, 6.45) is 0. The normalized spacial score (nSPS) is 12.2. The van der Waals surface area contributed by atoms with Crippen LogP contribution in [0.2, 0.25) is 5.02 Å². The first-order chi connectivity index (χ1) is 10.1. The Labute approximate surface area is 132 Å². The van der Waals surface area contributed by atoms with E-state index in [1.54, 1.807) is 7.11 Å². The van der Waals surface area contributed by atoms with E-state index in [1.165, 1.54) is 16.7 Å². The van der Waals surface area contributed by atoms with Crippen LogP contribution in [0.3, 0.4) is 0 Å². The molecule has 0 aliphatic heterocycles. The van der Waals surface area contributed by atoms with Crippen LogP contribution in [0.25, 0.3) is 0 Å². The third-order valence-electron chi connectivity index (χ3n) is 3.78. The predicted molar refractivity (Wildman–Crippen MR) is 89.4 cm³/mol. The summed E-state index contributed by atoms with van der Waals surface area (Å²) < 4.78 is 5.33. The quantitative estimate of drug-likeness (QED) is 0.867. The van der Waals surface area contributed by atoms with Crippen molar-refractivity contribution in [2.75, 3.05) is 13.7 Å². The molecule has 1 atom stereocenters. The van der Waals surface area contributed by atoms with Crippen LogP contribution in [-0.4, -0.2) is 13.7 Å². The van der Waals surface area contributed by atoms with Crippen molar-refractivity contribution in [3.8, 4) is 5.75 Å². The van der Waals surface area contributed by atoms with Crippen molar-refractivity contribution in [3.05, 3.63) is 63.7 Å². The van der Waals surface area contributed by atoms with Gasteiger partial charge in [0.25, 0.3) is 0 Å². The molecule has 0 aliphatic rings. The van der Waals surface area contributed by atoms with Gasteiger partial charge in [-0.2, -0.15) is 0 Å². The molecule has 0 bridgehead atoms. The SMILES string of the molecule is CCNC(c1ccc(C)c(C)c1)c1ccc(Cl)c(OC)c1. The van der Waals surface area contributed by atoms with Crippen LogP contribution in [0.5, 0.6) is 5.75 Å². The molecule has 3 heteroatoms. The molecule has 2 aromatic carbocycles. The van der Waals surface area contributed by atoms with Crippen LogP contribution >= 0.6 is 11.6 Å². The zero-order valence-electron chi connectivity index (χ0n) is 13.0. The number of benzene rings is 2. The molecule has 2 nitrogen and oxygen atoms in total. The van der Waals surface area contributed by atoms with Gasteiger partial charge in [-0.15, -0.1) is 0 Å². The van der Waals surface area contributed by atoms with E-state index in [9.17, 15) is 0 Å². The van der Waals surface area contributed by atoms with E-state index in [0.717, 1.165) is 12.1 Å². The second-order valence-electron chi connectivity index (χ2n) is 5.23. The summed E-state index contributed by atoms with van der Waals surface area (Å²) in [5, 5.41) is 4.17. The molecule has 21 heavy (non-hydrogen) atoms. The number of hydrogen-bond donors (Lipinski definition) is 1. The average molecular weight is 304 g/mol. The van der Waals surface area contributed by atoms with Crippen molar-refractivity contribution in [2.45, 2.75) is 26.8 Å².